The Morgan fingerprint density at radius 2 is 1.95 bits per heavy atom. The number of hydrogen-bond acceptors (Lipinski definition) is 2. The molecule has 0 aromatic rings. The first-order chi connectivity index (χ1) is 10.7. The van der Waals surface area contributed by atoms with E-state index in [0.717, 1.165) is 18.4 Å². The lowest BCUT2D eigenvalue weighted by Crippen LogP contribution is -2.45. The van der Waals surface area contributed by atoms with Crippen LogP contribution in [0.2, 0.25) is 0 Å². The van der Waals surface area contributed by atoms with Crippen LogP contribution in [0.25, 0.3) is 0 Å². The van der Waals surface area contributed by atoms with Crippen molar-refractivity contribution in [3.05, 3.63) is 0 Å². The summed E-state index contributed by atoms with van der Waals surface area (Å²) < 4.78 is 0. The van der Waals surface area contributed by atoms with Gasteiger partial charge in [-0.05, 0) is 57.0 Å². The van der Waals surface area contributed by atoms with Gasteiger partial charge in [0, 0.05) is 33.2 Å². The largest absolute Gasteiger partial charge is 0.356 e. The molecule has 2 saturated heterocycles. The summed E-state index contributed by atoms with van der Waals surface area (Å²) in [5, 5.41) is 3.67. The SMILES string of the molecule is CN=C(NCC1CCCN(C)C1)N1CCC2(CCCCC2)C1. The molecule has 2 heterocycles. The molecule has 0 radical (unpaired) electrons. The predicted octanol–water partition coefficient (Wildman–Crippen LogP) is 2.56. The summed E-state index contributed by atoms with van der Waals surface area (Å²) in [6.07, 6.45) is 11.3. The molecule has 1 N–H and O–H groups in total. The maximum absolute atomic E-state index is 4.57. The van der Waals surface area contributed by atoms with Crippen molar-refractivity contribution in [3.63, 3.8) is 0 Å². The zero-order valence-electron chi connectivity index (χ0n) is 14.6. The Morgan fingerprint density at radius 1 is 1.14 bits per heavy atom. The van der Waals surface area contributed by atoms with Gasteiger partial charge in [-0.25, -0.2) is 0 Å². The summed E-state index contributed by atoms with van der Waals surface area (Å²) in [4.78, 5) is 9.56. The van der Waals surface area contributed by atoms with Crippen molar-refractivity contribution in [2.24, 2.45) is 16.3 Å². The van der Waals surface area contributed by atoms with E-state index in [0.29, 0.717) is 5.41 Å². The van der Waals surface area contributed by atoms with Gasteiger partial charge >= 0.3 is 0 Å². The third kappa shape index (κ3) is 3.76. The number of aliphatic imine (C=N–C) groups is 1. The van der Waals surface area contributed by atoms with E-state index in [1.807, 2.05) is 7.05 Å². The molecule has 1 spiro atoms. The third-order valence-corrected chi connectivity index (χ3v) is 6.13. The third-order valence-electron chi connectivity index (χ3n) is 6.13. The summed E-state index contributed by atoms with van der Waals surface area (Å²) in [6.45, 7) is 6.01. The minimum absolute atomic E-state index is 0.612. The summed E-state index contributed by atoms with van der Waals surface area (Å²) >= 11 is 0. The summed E-state index contributed by atoms with van der Waals surface area (Å²) in [5.41, 5.74) is 0.612. The van der Waals surface area contributed by atoms with Gasteiger partial charge in [0.1, 0.15) is 0 Å². The molecule has 126 valence electrons. The van der Waals surface area contributed by atoms with E-state index in [1.165, 1.54) is 77.5 Å². The number of likely N-dealkylation sites (tertiary alicyclic amines) is 2. The highest BCUT2D eigenvalue weighted by Gasteiger charge is 2.39. The average molecular weight is 306 g/mol. The fourth-order valence-electron chi connectivity index (χ4n) is 4.83. The number of hydrogen-bond donors (Lipinski definition) is 1. The summed E-state index contributed by atoms with van der Waals surface area (Å²) in [7, 11) is 4.19. The van der Waals surface area contributed by atoms with Crippen LogP contribution in [-0.2, 0) is 0 Å². The van der Waals surface area contributed by atoms with Gasteiger partial charge in [-0.1, -0.05) is 19.3 Å². The minimum atomic E-state index is 0.612. The Balaban J connectivity index is 1.49. The molecule has 0 aromatic heterocycles. The monoisotopic (exact) mass is 306 g/mol. The van der Waals surface area contributed by atoms with Gasteiger partial charge < -0.3 is 15.1 Å². The normalized spacial score (nSPS) is 30.0. The van der Waals surface area contributed by atoms with Crippen LogP contribution in [0.1, 0.15) is 51.4 Å². The second-order valence-corrected chi connectivity index (χ2v) is 7.93. The molecule has 0 aromatic carbocycles. The zero-order valence-corrected chi connectivity index (χ0v) is 14.6. The Kier molecular flexibility index (Phi) is 5.27. The molecule has 2 aliphatic heterocycles. The van der Waals surface area contributed by atoms with Crippen LogP contribution in [0.5, 0.6) is 0 Å². The van der Waals surface area contributed by atoms with Crippen molar-refractivity contribution in [3.8, 4) is 0 Å². The Bertz CT molecular complexity index is 387. The number of nitrogens with one attached hydrogen (secondary N) is 1. The van der Waals surface area contributed by atoms with Gasteiger partial charge in [-0.15, -0.1) is 0 Å². The van der Waals surface area contributed by atoms with E-state index in [4.69, 9.17) is 0 Å². The molecule has 0 bridgehead atoms. The smallest absolute Gasteiger partial charge is 0.193 e. The van der Waals surface area contributed by atoms with Crippen LogP contribution in [0, 0.1) is 11.3 Å². The lowest BCUT2D eigenvalue weighted by atomic mass is 9.73. The molecule has 3 aliphatic rings. The van der Waals surface area contributed by atoms with Gasteiger partial charge in [-0.2, -0.15) is 0 Å². The van der Waals surface area contributed by atoms with Gasteiger partial charge in [0.25, 0.3) is 0 Å². The maximum atomic E-state index is 4.57. The Morgan fingerprint density at radius 3 is 2.68 bits per heavy atom. The van der Waals surface area contributed by atoms with E-state index in [2.05, 4.69) is 27.2 Å². The fraction of sp³-hybridized carbons (Fsp3) is 0.944. The molecule has 0 amide bonds. The maximum Gasteiger partial charge on any atom is 0.193 e. The molecule has 1 aliphatic carbocycles. The molecule has 4 heteroatoms. The van der Waals surface area contributed by atoms with Crippen LogP contribution in [-0.4, -0.2) is 62.6 Å². The Labute approximate surface area is 136 Å². The van der Waals surface area contributed by atoms with E-state index >= 15 is 0 Å². The predicted molar refractivity (Wildman–Crippen MR) is 93.3 cm³/mol. The van der Waals surface area contributed by atoms with Crippen molar-refractivity contribution in [1.82, 2.24) is 15.1 Å². The van der Waals surface area contributed by atoms with E-state index < -0.39 is 0 Å². The highest BCUT2D eigenvalue weighted by molar-refractivity contribution is 5.80. The lowest BCUT2D eigenvalue weighted by molar-refractivity contribution is 0.200. The quantitative estimate of drug-likeness (QED) is 0.628. The van der Waals surface area contributed by atoms with E-state index in [1.54, 1.807) is 0 Å². The van der Waals surface area contributed by atoms with Crippen molar-refractivity contribution >= 4 is 5.96 Å². The second kappa shape index (κ2) is 7.20. The standard InChI is InChI=1S/C18H34N4/c1-19-17(20-13-16-7-6-11-21(2)14-16)22-12-10-18(15-22)8-4-3-5-9-18/h16H,3-15H2,1-2H3,(H,19,20). The number of rotatable bonds is 2. The van der Waals surface area contributed by atoms with Gasteiger partial charge in [-0.3, -0.25) is 4.99 Å². The zero-order chi connectivity index (χ0) is 15.4. The molecule has 22 heavy (non-hydrogen) atoms. The lowest BCUT2D eigenvalue weighted by Gasteiger charge is -2.34. The van der Waals surface area contributed by atoms with Crippen molar-refractivity contribution in [1.29, 1.82) is 0 Å². The fourth-order valence-corrected chi connectivity index (χ4v) is 4.83. The highest BCUT2D eigenvalue weighted by atomic mass is 15.3. The molecule has 1 unspecified atom stereocenters. The molecular weight excluding hydrogens is 272 g/mol. The Hall–Kier alpha value is -0.770. The van der Waals surface area contributed by atoms with Crippen LogP contribution >= 0.6 is 0 Å². The van der Waals surface area contributed by atoms with Crippen LogP contribution < -0.4 is 5.32 Å². The van der Waals surface area contributed by atoms with Gasteiger partial charge in [0.15, 0.2) is 5.96 Å². The van der Waals surface area contributed by atoms with Gasteiger partial charge in [0.05, 0.1) is 0 Å². The van der Waals surface area contributed by atoms with Gasteiger partial charge in [0.2, 0.25) is 0 Å². The van der Waals surface area contributed by atoms with Crippen LogP contribution in [0.4, 0.5) is 0 Å². The second-order valence-electron chi connectivity index (χ2n) is 7.93. The van der Waals surface area contributed by atoms with Crippen LogP contribution in [0.3, 0.4) is 0 Å². The molecule has 3 fully saturated rings. The molecule has 1 saturated carbocycles. The molecule has 4 nitrogen and oxygen atoms in total. The number of piperidine rings is 1. The topological polar surface area (TPSA) is 30.9 Å². The van der Waals surface area contributed by atoms with Crippen molar-refractivity contribution in [2.45, 2.75) is 51.4 Å². The number of nitrogens with zero attached hydrogens (tertiary/aromatic N) is 3. The first-order valence-electron chi connectivity index (χ1n) is 9.35. The summed E-state index contributed by atoms with van der Waals surface area (Å²) in [6, 6.07) is 0. The van der Waals surface area contributed by atoms with Crippen molar-refractivity contribution in [2.75, 3.05) is 46.8 Å². The first-order valence-corrected chi connectivity index (χ1v) is 9.35. The van der Waals surface area contributed by atoms with E-state index in [9.17, 15) is 0 Å². The summed E-state index contributed by atoms with van der Waals surface area (Å²) in [5.74, 6) is 1.93. The van der Waals surface area contributed by atoms with Crippen molar-refractivity contribution < 1.29 is 0 Å². The van der Waals surface area contributed by atoms with E-state index in [-0.39, 0.29) is 0 Å². The number of guanidine groups is 1. The highest BCUT2D eigenvalue weighted by Crippen LogP contribution is 2.43. The molecule has 3 rings (SSSR count). The molecule has 1 atom stereocenters. The average Bonchev–Trinajstić information content (AvgIpc) is 2.92. The minimum Gasteiger partial charge on any atom is -0.356 e. The van der Waals surface area contributed by atoms with Crippen LogP contribution in [0.15, 0.2) is 4.99 Å². The first kappa shape index (κ1) is 16.1. The molecular formula is C18H34N4.